The zero-order valence-electron chi connectivity index (χ0n) is 25.7. The van der Waals surface area contributed by atoms with Gasteiger partial charge in [-0.3, -0.25) is 4.79 Å². The number of rotatable bonds is 6. The summed E-state index contributed by atoms with van der Waals surface area (Å²) in [6.45, 7) is 12.0. The van der Waals surface area contributed by atoms with Gasteiger partial charge < -0.3 is 24.4 Å². The van der Waals surface area contributed by atoms with Crippen molar-refractivity contribution in [2.24, 2.45) is 11.8 Å². The van der Waals surface area contributed by atoms with E-state index in [1.807, 2.05) is 40.0 Å². The molecule has 10 nitrogen and oxygen atoms in total. The van der Waals surface area contributed by atoms with Crippen LogP contribution in [-0.4, -0.2) is 93.0 Å². The van der Waals surface area contributed by atoms with Crippen molar-refractivity contribution in [1.82, 2.24) is 14.5 Å². The number of aliphatic hydroxyl groups excluding tert-OH is 1. The van der Waals surface area contributed by atoms with Gasteiger partial charge in [0.25, 0.3) is 0 Å². The highest BCUT2D eigenvalue weighted by atomic mass is 32.2. The molecule has 42 heavy (non-hydrogen) atoms. The molecule has 0 spiro atoms. The molecule has 0 radical (unpaired) electrons. The average Bonchev–Trinajstić information content (AvgIpc) is 2.91. The Morgan fingerprint density at radius 3 is 2.50 bits per heavy atom. The molecule has 0 saturated carbocycles. The number of benzene rings is 1. The number of sulfonamides is 1. The van der Waals surface area contributed by atoms with E-state index in [9.17, 15) is 23.1 Å². The molecule has 1 amide bonds. The van der Waals surface area contributed by atoms with E-state index in [4.69, 9.17) is 9.47 Å². The Hall–Kier alpha value is -2.73. The van der Waals surface area contributed by atoms with Crippen LogP contribution in [0.5, 0.6) is 0 Å². The van der Waals surface area contributed by atoms with Crippen LogP contribution in [0.2, 0.25) is 0 Å². The summed E-state index contributed by atoms with van der Waals surface area (Å²) in [7, 11) is -1.66. The smallest absolute Gasteiger partial charge is 0.410 e. The lowest BCUT2D eigenvalue weighted by atomic mass is 9.91. The van der Waals surface area contributed by atoms with Crippen molar-refractivity contribution in [3.05, 3.63) is 47.6 Å². The maximum atomic E-state index is 13.0. The number of carbonyl (C=O) groups excluding carboxylic acids is 2. The first-order chi connectivity index (χ1) is 19.7. The van der Waals surface area contributed by atoms with Crippen LogP contribution in [0.25, 0.3) is 6.08 Å². The molecule has 2 N–H and O–H groups in total. The van der Waals surface area contributed by atoms with Gasteiger partial charge in [0.15, 0.2) is 0 Å². The summed E-state index contributed by atoms with van der Waals surface area (Å²) in [5, 5.41) is 10.6. The first-order valence-electron chi connectivity index (χ1n) is 14.8. The molecular formula is C31H47N3O7S. The fraction of sp³-hybridized carbons (Fsp3) is 0.613. The van der Waals surface area contributed by atoms with Crippen molar-refractivity contribution in [3.63, 3.8) is 0 Å². The van der Waals surface area contributed by atoms with E-state index in [1.165, 1.54) is 6.07 Å². The highest BCUT2D eigenvalue weighted by Crippen LogP contribution is 2.26. The Bertz CT molecular complexity index is 1240. The van der Waals surface area contributed by atoms with Crippen LogP contribution in [0.15, 0.2) is 46.9 Å². The second-order valence-electron chi connectivity index (χ2n) is 11.9. The van der Waals surface area contributed by atoms with E-state index < -0.39 is 34.3 Å². The molecule has 0 aromatic heterocycles. The number of cyclic esters (lactones) is 1. The topological polar surface area (TPSA) is 125 Å². The fourth-order valence-corrected chi connectivity index (χ4v) is 6.43. The summed E-state index contributed by atoms with van der Waals surface area (Å²) in [5.41, 5.74) is 1.35. The normalized spacial score (nSPS) is 28.0. The van der Waals surface area contributed by atoms with Gasteiger partial charge in [0.05, 0.1) is 17.4 Å². The SMILES string of the molecule is C/C(=C\c1cccc(S(=O)(=O)NC(C)C)c1)[C@H]1OC(=O)C[C@@H](O)CC[C@@H](C)[C@@H](OC(=O)N2CCN(C)CC2)/C=C\[C@@H]1C. The van der Waals surface area contributed by atoms with E-state index in [1.54, 1.807) is 43.0 Å². The molecule has 0 unspecified atom stereocenters. The van der Waals surface area contributed by atoms with E-state index in [0.29, 0.717) is 37.1 Å². The van der Waals surface area contributed by atoms with Gasteiger partial charge in [-0.15, -0.1) is 0 Å². The molecule has 11 heteroatoms. The third-order valence-corrected chi connectivity index (χ3v) is 9.32. The van der Waals surface area contributed by atoms with Gasteiger partial charge >= 0.3 is 12.1 Å². The summed E-state index contributed by atoms with van der Waals surface area (Å²) in [5.74, 6) is -0.883. The number of esters is 1. The maximum Gasteiger partial charge on any atom is 0.410 e. The molecule has 2 aliphatic heterocycles. The van der Waals surface area contributed by atoms with Gasteiger partial charge in [-0.25, -0.2) is 17.9 Å². The number of nitrogens with one attached hydrogen (secondary N) is 1. The third-order valence-electron chi connectivity index (χ3n) is 7.66. The summed E-state index contributed by atoms with van der Waals surface area (Å²) in [6.07, 6.45) is 3.92. The monoisotopic (exact) mass is 605 g/mol. The zero-order chi connectivity index (χ0) is 31.0. The highest BCUT2D eigenvalue weighted by Gasteiger charge is 2.29. The van der Waals surface area contributed by atoms with E-state index in [2.05, 4.69) is 9.62 Å². The Morgan fingerprint density at radius 2 is 1.83 bits per heavy atom. The number of likely N-dealkylation sites (N-methyl/N-ethyl adjacent to an activating group) is 1. The summed E-state index contributed by atoms with van der Waals surface area (Å²) in [6, 6.07) is 6.31. The lowest BCUT2D eigenvalue weighted by Gasteiger charge is -2.33. The lowest BCUT2D eigenvalue weighted by molar-refractivity contribution is -0.151. The van der Waals surface area contributed by atoms with E-state index in [0.717, 1.165) is 13.1 Å². The first-order valence-corrected chi connectivity index (χ1v) is 16.2. The summed E-state index contributed by atoms with van der Waals surface area (Å²) < 4.78 is 39.8. The van der Waals surface area contributed by atoms with Gasteiger partial charge in [0.1, 0.15) is 12.2 Å². The molecule has 5 atom stereocenters. The van der Waals surface area contributed by atoms with Gasteiger partial charge in [-0.1, -0.05) is 38.1 Å². The molecule has 234 valence electrons. The number of piperazine rings is 1. The van der Waals surface area contributed by atoms with Gasteiger partial charge in [0.2, 0.25) is 10.0 Å². The Morgan fingerprint density at radius 1 is 1.14 bits per heavy atom. The molecule has 2 aliphatic rings. The minimum Gasteiger partial charge on any atom is -0.457 e. The second kappa shape index (κ2) is 15.1. The van der Waals surface area contributed by atoms with Crippen LogP contribution in [0.4, 0.5) is 4.79 Å². The minimum absolute atomic E-state index is 0.0748. The largest absolute Gasteiger partial charge is 0.457 e. The predicted octanol–water partition coefficient (Wildman–Crippen LogP) is 3.81. The maximum absolute atomic E-state index is 13.0. The Balaban J connectivity index is 1.87. The van der Waals surface area contributed by atoms with Crippen LogP contribution >= 0.6 is 0 Å². The van der Waals surface area contributed by atoms with Crippen LogP contribution in [-0.2, 0) is 24.3 Å². The summed E-state index contributed by atoms with van der Waals surface area (Å²) >= 11 is 0. The number of amides is 1. The van der Waals surface area contributed by atoms with E-state index in [-0.39, 0.29) is 35.3 Å². The quantitative estimate of drug-likeness (QED) is 0.371. The van der Waals surface area contributed by atoms with Gasteiger partial charge in [-0.05, 0) is 75.9 Å². The van der Waals surface area contributed by atoms with Crippen molar-refractivity contribution in [3.8, 4) is 0 Å². The Kier molecular flexibility index (Phi) is 12.2. The van der Waals surface area contributed by atoms with Gasteiger partial charge in [0, 0.05) is 38.1 Å². The second-order valence-corrected chi connectivity index (χ2v) is 13.7. The van der Waals surface area contributed by atoms with Crippen LogP contribution in [0.1, 0.15) is 59.4 Å². The number of ether oxygens (including phenoxy) is 2. The molecule has 2 heterocycles. The van der Waals surface area contributed by atoms with Gasteiger partial charge in [-0.2, -0.15) is 0 Å². The third kappa shape index (κ3) is 9.93. The van der Waals surface area contributed by atoms with Crippen LogP contribution in [0, 0.1) is 11.8 Å². The molecular weight excluding hydrogens is 558 g/mol. The van der Waals surface area contributed by atoms with E-state index >= 15 is 0 Å². The number of nitrogens with zero attached hydrogens (tertiary/aromatic N) is 2. The lowest BCUT2D eigenvalue weighted by Crippen LogP contribution is -2.48. The van der Waals surface area contributed by atoms with Crippen molar-refractivity contribution in [1.29, 1.82) is 0 Å². The minimum atomic E-state index is -3.68. The highest BCUT2D eigenvalue weighted by molar-refractivity contribution is 7.89. The number of hydrogen-bond donors (Lipinski definition) is 2. The molecule has 1 aromatic rings. The van der Waals surface area contributed by atoms with Crippen molar-refractivity contribution < 1.29 is 32.6 Å². The molecule has 1 fully saturated rings. The summed E-state index contributed by atoms with van der Waals surface area (Å²) in [4.78, 5) is 29.8. The van der Waals surface area contributed by atoms with Crippen LogP contribution < -0.4 is 4.72 Å². The van der Waals surface area contributed by atoms with Crippen molar-refractivity contribution in [2.45, 2.75) is 83.1 Å². The van der Waals surface area contributed by atoms with Crippen LogP contribution in [0.3, 0.4) is 0 Å². The Labute approximate surface area is 250 Å². The average molecular weight is 606 g/mol. The van der Waals surface area contributed by atoms with Crippen molar-refractivity contribution >= 4 is 28.2 Å². The van der Waals surface area contributed by atoms with Crippen molar-refractivity contribution in [2.75, 3.05) is 33.2 Å². The molecule has 1 aromatic carbocycles. The first kappa shape index (κ1) is 33.8. The molecule has 0 aliphatic carbocycles. The predicted molar refractivity (Wildman–Crippen MR) is 162 cm³/mol. The zero-order valence-corrected chi connectivity index (χ0v) is 26.5. The molecule has 3 rings (SSSR count). The number of aliphatic hydroxyl groups is 1. The fourth-order valence-electron chi connectivity index (χ4n) is 5.12. The molecule has 1 saturated heterocycles. The molecule has 0 bridgehead atoms. The number of carbonyl (C=O) groups is 2. The standard InChI is InChI=1S/C31H47N3O7S/c1-21(2)32-42(38,39)27-9-7-8-25(19-27)18-24(5)30-23(4)11-13-28(22(3)10-12-26(35)20-29(36)41-30)40-31(37)34-16-14-33(6)15-17-34/h7-9,11,13,18-19,21-23,26,28,30,32,35H,10,12,14-17,20H2,1-6H3/b13-11-,24-18+/t22-,23+,26+,28+,30+/m1/s1. The number of hydrogen-bond acceptors (Lipinski definition) is 8.